The fraction of sp³-hybridized carbons (Fsp3) is 0.400. The minimum atomic E-state index is -3.76. The first-order valence-electron chi connectivity index (χ1n) is 9.34. The van der Waals surface area contributed by atoms with Crippen LogP contribution in [0.25, 0.3) is 0 Å². The van der Waals surface area contributed by atoms with Crippen molar-refractivity contribution in [2.24, 2.45) is 0 Å². The van der Waals surface area contributed by atoms with Crippen LogP contribution in [0, 0.1) is 0 Å². The zero-order chi connectivity index (χ0) is 22.1. The van der Waals surface area contributed by atoms with E-state index >= 15 is 0 Å². The van der Waals surface area contributed by atoms with Crippen LogP contribution in [0.15, 0.2) is 24.3 Å². The monoisotopic (exact) mass is 452 g/mol. The van der Waals surface area contributed by atoms with Gasteiger partial charge in [0.25, 0.3) is 0 Å². The topological polar surface area (TPSA) is 102 Å². The standard InChI is InChI=1S/C20H24N2O6S2/c1-12(22(30(4,25)26)13-8-10-14(27-2)11-9-13)18(23)21-19-17(20(24)28-3)15-6-5-7-16(15)29-19/h8-12H,5-7H2,1-4H3,(H,21,23)/t12-/m0/s1. The second-order valence-corrected chi connectivity index (χ2v) is 9.94. The lowest BCUT2D eigenvalue weighted by Gasteiger charge is -2.28. The van der Waals surface area contributed by atoms with E-state index < -0.39 is 27.9 Å². The molecule has 0 radical (unpaired) electrons. The fourth-order valence-corrected chi connectivity index (χ4v) is 6.02. The molecule has 3 rings (SSSR count). The number of thiophene rings is 1. The molecule has 1 aliphatic carbocycles. The highest BCUT2D eigenvalue weighted by atomic mass is 32.2. The number of methoxy groups -OCH3 is 2. The first-order chi connectivity index (χ1) is 14.2. The first-order valence-corrected chi connectivity index (χ1v) is 12.0. The third-order valence-corrected chi connectivity index (χ3v) is 7.41. The van der Waals surface area contributed by atoms with Gasteiger partial charge < -0.3 is 14.8 Å². The van der Waals surface area contributed by atoms with Gasteiger partial charge in [0.1, 0.15) is 16.8 Å². The van der Waals surface area contributed by atoms with Crippen LogP contribution in [0.5, 0.6) is 5.75 Å². The van der Waals surface area contributed by atoms with Gasteiger partial charge in [-0.3, -0.25) is 9.10 Å². The van der Waals surface area contributed by atoms with Gasteiger partial charge in [-0.05, 0) is 56.0 Å². The molecule has 1 aliphatic rings. The maximum atomic E-state index is 13.0. The zero-order valence-electron chi connectivity index (χ0n) is 17.2. The summed E-state index contributed by atoms with van der Waals surface area (Å²) in [5.74, 6) is -0.478. The number of nitrogens with one attached hydrogen (secondary N) is 1. The Balaban J connectivity index is 1.91. The van der Waals surface area contributed by atoms with E-state index in [2.05, 4.69) is 5.32 Å². The van der Waals surface area contributed by atoms with Gasteiger partial charge in [-0.25, -0.2) is 13.2 Å². The van der Waals surface area contributed by atoms with Gasteiger partial charge in [0.2, 0.25) is 15.9 Å². The SMILES string of the molecule is COC(=O)c1c(NC(=O)[C@H](C)N(c2ccc(OC)cc2)S(C)(=O)=O)sc2c1CCC2. The minimum absolute atomic E-state index is 0.336. The van der Waals surface area contributed by atoms with E-state index in [-0.39, 0.29) is 0 Å². The average molecular weight is 453 g/mol. The van der Waals surface area contributed by atoms with Crippen molar-refractivity contribution in [3.05, 3.63) is 40.3 Å². The van der Waals surface area contributed by atoms with Crippen LogP contribution in [-0.4, -0.2) is 46.8 Å². The van der Waals surface area contributed by atoms with Crippen LogP contribution in [0.4, 0.5) is 10.7 Å². The van der Waals surface area contributed by atoms with E-state index in [0.29, 0.717) is 22.0 Å². The van der Waals surface area contributed by atoms with E-state index in [1.165, 1.54) is 32.5 Å². The predicted octanol–water partition coefficient (Wildman–Crippen LogP) is 2.83. The van der Waals surface area contributed by atoms with Crippen LogP contribution in [-0.2, 0) is 32.4 Å². The highest BCUT2D eigenvalue weighted by Gasteiger charge is 2.32. The molecule has 1 aromatic heterocycles. The number of fused-ring (bicyclic) bond motifs is 1. The Labute approximate surface area is 179 Å². The number of nitrogens with zero attached hydrogens (tertiary/aromatic N) is 1. The van der Waals surface area contributed by atoms with Crippen molar-refractivity contribution in [3.8, 4) is 5.75 Å². The molecule has 2 aromatic rings. The largest absolute Gasteiger partial charge is 0.497 e. The van der Waals surface area contributed by atoms with Gasteiger partial charge in [0.15, 0.2) is 0 Å². The molecule has 0 aliphatic heterocycles. The van der Waals surface area contributed by atoms with E-state index in [1.807, 2.05) is 0 Å². The van der Waals surface area contributed by atoms with Crippen LogP contribution in [0.3, 0.4) is 0 Å². The second-order valence-electron chi connectivity index (χ2n) is 6.98. The number of aryl methyl sites for hydroxylation is 1. The Morgan fingerprint density at radius 2 is 1.83 bits per heavy atom. The summed E-state index contributed by atoms with van der Waals surface area (Å²) in [4.78, 5) is 26.3. The summed E-state index contributed by atoms with van der Waals surface area (Å²) in [5, 5.41) is 3.14. The molecule has 1 N–H and O–H groups in total. The third-order valence-electron chi connectivity index (χ3n) is 4.96. The predicted molar refractivity (Wildman–Crippen MR) is 116 cm³/mol. The number of amides is 1. The third kappa shape index (κ3) is 4.29. The molecule has 0 bridgehead atoms. The zero-order valence-corrected chi connectivity index (χ0v) is 18.9. The average Bonchev–Trinajstić information content (AvgIpc) is 3.27. The number of rotatable bonds is 7. The van der Waals surface area contributed by atoms with Gasteiger partial charge in [0, 0.05) is 4.88 Å². The van der Waals surface area contributed by atoms with Crippen molar-refractivity contribution in [2.75, 3.05) is 30.1 Å². The molecule has 1 atom stereocenters. The number of hydrogen-bond acceptors (Lipinski definition) is 7. The molecule has 162 valence electrons. The molecule has 0 fully saturated rings. The normalized spacial score (nSPS) is 14.0. The van der Waals surface area contributed by atoms with E-state index in [1.54, 1.807) is 24.3 Å². The van der Waals surface area contributed by atoms with E-state index in [9.17, 15) is 18.0 Å². The van der Waals surface area contributed by atoms with E-state index in [4.69, 9.17) is 9.47 Å². The lowest BCUT2D eigenvalue weighted by atomic mass is 10.1. The molecule has 0 saturated heterocycles. The van der Waals surface area contributed by atoms with Gasteiger partial charge in [0.05, 0.1) is 31.7 Å². The number of anilines is 2. The van der Waals surface area contributed by atoms with Crippen LogP contribution in [0.1, 0.15) is 34.1 Å². The summed E-state index contributed by atoms with van der Waals surface area (Å²) < 4.78 is 36.0. The first kappa shape index (κ1) is 22.1. The van der Waals surface area contributed by atoms with Crippen molar-refractivity contribution < 1.29 is 27.5 Å². The number of esters is 1. The summed E-state index contributed by atoms with van der Waals surface area (Å²) >= 11 is 1.34. The van der Waals surface area contributed by atoms with Crippen LogP contribution in [0.2, 0.25) is 0 Å². The van der Waals surface area contributed by atoms with Crippen LogP contribution < -0.4 is 14.4 Å². The lowest BCUT2D eigenvalue weighted by molar-refractivity contribution is -0.116. The van der Waals surface area contributed by atoms with Gasteiger partial charge in [-0.15, -0.1) is 11.3 Å². The van der Waals surface area contributed by atoms with Gasteiger partial charge in [-0.2, -0.15) is 0 Å². The second kappa shape index (κ2) is 8.65. The van der Waals surface area contributed by atoms with Crippen LogP contribution >= 0.6 is 11.3 Å². The van der Waals surface area contributed by atoms with Crippen molar-refractivity contribution >= 4 is 43.9 Å². The van der Waals surface area contributed by atoms with Crippen molar-refractivity contribution in [1.82, 2.24) is 0 Å². The molecule has 10 heteroatoms. The van der Waals surface area contributed by atoms with Crippen molar-refractivity contribution in [1.29, 1.82) is 0 Å². The fourth-order valence-electron chi connectivity index (χ4n) is 3.56. The van der Waals surface area contributed by atoms with Crippen molar-refractivity contribution in [3.63, 3.8) is 0 Å². The molecule has 1 heterocycles. The molecule has 1 amide bonds. The molecule has 30 heavy (non-hydrogen) atoms. The molecular formula is C20H24N2O6S2. The number of sulfonamides is 1. The highest BCUT2D eigenvalue weighted by molar-refractivity contribution is 7.92. The summed E-state index contributed by atoms with van der Waals surface area (Å²) in [5.41, 5.74) is 1.61. The number of hydrogen-bond donors (Lipinski definition) is 1. The molecule has 8 nitrogen and oxygen atoms in total. The summed E-state index contributed by atoms with van der Waals surface area (Å²) in [7, 11) is -0.951. The summed E-state index contributed by atoms with van der Waals surface area (Å²) in [6, 6.07) is 5.34. The molecule has 0 saturated carbocycles. The number of benzene rings is 1. The van der Waals surface area contributed by atoms with Gasteiger partial charge >= 0.3 is 5.97 Å². The summed E-state index contributed by atoms with van der Waals surface area (Å²) in [6.07, 6.45) is 3.59. The van der Waals surface area contributed by atoms with Crippen molar-refractivity contribution in [2.45, 2.75) is 32.2 Å². The number of carbonyl (C=O) groups is 2. The molecule has 0 spiro atoms. The maximum absolute atomic E-state index is 13.0. The Kier molecular flexibility index (Phi) is 6.37. The van der Waals surface area contributed by atoms with E-state index in [0.717, 1.165) is 40.3 Å². The van der Waals surface area contributed by atoms with Gasteiger partial charge in [-0.1, -0.05) is 0 Å². The minimum Gasteiger partial charge on any atom is -0.497 e. The number of ether oxygens (including phenoxy) is 2. The molecular weight excluding hydrogens is 428 g/mol. The molecule has 0 unspecified atom stereocenters. The Bertz CT molecular complexity index is 1060. The smallest absolute Gasteiger partial charge is 0.341 e. The number of carbonyl (C=O) groups excluding carboxylic acids is 2. The quantitative estimate of drug-likeness (QED) is 0.648. The Morgan fingerprint density at radius 1 is 1.17 bits per heavy atom. The Morgan fingerprint density at radius 3 is 2.40 bits per heavy atom. The highest BCUT2D eigenvalue weighted by Crippen LogP contribution is 2.39. The summed E-state index contributed by atoms with van der Waals surface area (Å²) in [6.45, 7) is 1.50. The maximum Gasteiger partial charge on any atom is 0.341 e. The lowest BCUT2D eigenvalue weighted by Crippen LogP contribution is -2.45. The molecule has 1 aromatic carbocycles. The Hall–Kier alpha value is -2.59.